The van der Waals surface area contributed by atoms with E-state index in [-0.39, 0.29) is 0 Å². The van der Waals surface area contributed by atoms with Crippen LogP contribution in [-0.2, 0) is 0 Å². The number of allylic oxidation sites excluding steroid dienone is 2. The zero-order chi connectivity index (χ0) is 16.0. The summed E-state index contributed by atoms with van der Waals surface area (Å²) < 4.78 is 0. The first kappa shape index (κ1) is 16.6. The van der Waals surface area contributed by atoms with Crippen molar-refractivity contribution < 1.29 is 0 Å². The summed E-state index contributed by atoms with van der Waals surface area (Å²) in [7, 11) is 0. The molecule has 116 valence electrons. The van der Waals surface area contributed by atoms with Crippen LogP contribution in [0.5, 0.6) is 0 Å². The molecule has 0 unspecified atom stereocenters. The van der Waals surface area contributed by atoms with Crippen LogP contribution in [0.2, 0.25) is 0 Å². The number of aliphatic imine (C=N–C) groups is 2. The Balaban J connectivity index is 1.57. The number of benzene rings is 2. The highest BCUT2D eigenvalue weighted by atomic mass is 14.7. The monoisotopic (exact) mass is 302 g/mol. The third-order valence-corrected chi connectivity index (χ3v) is 3.13. The Morgan fingerprint density at radius 3 is 1.48 bits per heavy atom. The van der Waals surface area contributed by atoms with Crippen LogP contribution in [-0.4, -0.2) is 25.5 Å². The fourth-order valence-electron chi connectivity index (χ4n) is 1.96. The van der Waals surface area contributed by atoms with E-state index in [1.165, 1.54) is 11.1 Å². The molecule has 2 aromatic rings. The molecule has 2 heteroatoms. The second-order valence-electron chi connectivity index (χ2n) is 5.00. The van der Waals surface area contributed by atoms with Crippen molar-refractivity contribution in [3.63, 3.8) is 0 Å². The van der Waals surface area contributed by atoms with Gasteiger partial charge < -0.3 is 0 Å². The lowest BCUT2D eigenvalue weighted by Gasteiger charge is -1.91. The van der Waals surface area contributed by atoms with E-state index in [1.54, 1.807) is 0 Å². The molecule has 0 aliphatic rings. The predicted molar refractivity (Wildman–Crippen MR) is 102 cm³/mol. The molecular weight excluding hydrogens is 280 g/mol. The first-order chi connectivity index (χ1) is 11.4. The maximum absolute atomic E-state index is 4.35. The average molecular weight is 302 g/mol. The minimum atomic E-state index is 0.804. The summed E-state index contributed by atoms with van der Waals surface area (Å²) in [6.45, 7) is 1.61. The summed E-state index contributed by atoms with van der Waals surface area (Å²) in [4.78, 5) is 8.70. The first-order valence-corrected chi connectivity index (χ1v) is 7.88. The van der Waals surface area contributed by atoms with Crippen molar-refractivity contribution in [2.24, 2.45) is 9.98 Å². The molecule has 0 N–H and O–H groups in total. The molecule has 0 aliphatic carbocycles. The number of hydrogen-bond acceptors (Lipinski definition) is 2. The van der Waals surface area contributed by atoms with Crippen LogP contribution in [0.3, 0.4) is 0 Å². The Morgan fingerprint density at radius 1 is 0.609 bits per heavy atom. The van der Waals surface area contributed by atoms with E-state index in [4.69, 9.17) is 0 Å². The maximum Gasteiger partial charge on any atom is 0.0406 e. The molecule has 23 heavy (non-hydrogen) atoms. The number of hydrogen-bond donors (Lipinski definition) is 0. The SMILES string of the molecule is C(/C=C/c1ccccc1)=NCCCN=C/C=C/c1ccccc1. The van der Waals surface area contributed by atoms with Crippen molar-refractivity contribution in [1.82, 2.24) is 0 Å². The second kappa shape index (κ2) is 10.9. The summed E-state index contributed by atoms with van der Waals surface area (Å²) >= 11 is 0. The predicted octanol–water partition coefficient (Wildman–Crippen LogP) is 4.94. The Bertz CT molecular complexity index is 593. The lowest BCUT2D eigenvalue weighted by atomic mass is 10.2. The minimum Gasteiger partial charge on any atom is -0.293 e. The van der Waals surface area contributed by atoms with E-state index < -0.39 is 0 Å². The molecule has 0 saturated heterocycles. The molecule has 2 rings (SSSR count). The van der Waals surface area contributed by atoms with Gasteiger partial charge in [0.15, 0.2) is 0 Å². The lowest BCUT2D eigenvalue weighted by Crippen LogP contribution is -1.86. The van der Waals surface area contributed by atoms with Crippen LogP contribution in [0, 0.1) is 0 Å². The summed E-state index contributed by atoms with van der Waals surface area (Å²) in [5.74, 6) is 0. The van der Waals surface area contributed by atoms with Gasteiger partial charge >= 0.3 is 0 Å². The van der Waals surface area contributed by atoms with Crippen LogP contribution in [0.25, 0.3) is 12.2 Å². The number of rotatable bonds is 8. The Labute approximate surface area is 138 Å². The molecule has 0 atom stereocenters. The van der Waals surface area contributed by atoms with Gasteiger partial charge in [0.1, 0.15) is 0 Å². The molecule has 0 saturated carbocycles. The van der Waals surface area contributed by atoms with Gasteiger partial charge in [-0.15, -0.1) is 0 Å². The molecule has 0 amide bonds. The number of nitrogens with zero attached hydrogens (tertiary/aromatic N) is 2. The van der Waals surface area contributed by atoms with Gasteiger partial charge in [0.2, 0.25) is 0 Å². The summed E-state index contributed by atoms with van der Waals surface area (Å²) in [6.07, 6.45) is 12.7. The summed E-state index contributed by atoms with van der Waals surface area (Å²) in [5, 5.41) is 0. The second-order valence-corrected chi connectivity index (χ2v) is 5.00. The van der Waals surface area contributed by atoms with E-state index in [0.29, 0.717) is 0 Å². The van der Waals surface area contributed by atoms with Gasteiger partial charge in [-0.25, -0.2) is 0 Å². The highest BCUT2D eigenvalue weighted by molar-refractivity contribution is 5.78. The fraction of sp³-hybridized carbons (Fsp3) is 0.143. The van der Waals surface area contributed by atoms with Crippen molar-refractivity contribution >= 4 is 24.6 Å². The van der Waals surface area contributed by atoms with Gasteiger partial charge in [0.05, 0.1) is 0 Å². The summed E-state index contributed by atoms with van der Waals surface area (Å²) in [6, 6.07) is 20.4. The van der Waals surface area contributed by atoms with Crippen molar-refractivity contribution in [1.29, 1.82) is 0 Å². The summed E-state index contributed by atoms with van der Waals surface area (Å²) in [5.41, 5.74) is 2.38. The molecule has 0 heterocycles. The molecule has 0 radical (unpaired) electrons. The Kier molecular flexibility index (Phi) is 7.89. The van der Waals surface area contributed by atoms with Gasteiger partial charge in [-0.2, -0.15) is 0 Å². The quantitative estimate of drug-likeness (QED) is 0.487. The standard InChI is InChI=1S/C21H22N2/c1-3-10-20(11-4-1)14-7-16-22-18-9-19-23-17-8-15-21-12-5-2-6-13-21/h1-8,10-17H,9,18-19H2/b14-7+,15-8+,22-16?,23-17?. The fourth-order valence-corrected chi connectivity index (χ4v) is 1.96. The van der Waals surface area contributed by atoms with Gasteiger partial charge in [-0.05, 0) is 29.7 Å². The molecule has 0 fully saturated rings. The van der Waals surface area contributed by atoms with Gasteiger partial charge in [-0.3, -0.25) is 9.98 Å². The topological polar surface area (TPSA) is 24.7 Å². The van der Waals surface area contributed by atoms with E-state index >= 15 is 0 Å². The molecule has 0 aliphatic heterocycles. The normalized spacial score (nSPS) is 12.2. The highest BCUT2D eigenvalue weighted by Gasteiger charge is 1.83. The molecular formula is C21H22N2. The van der Waals surface area contributed by atoms with E-state index in [2.05, 4.69) is 46.4 Å². The smallest absolute Gasteiger partial charge is 0.0406 e. The molecule has 2 aromatic carbocycles. The van der Waals surface area contributed by atoms with Crippen LogP contribution in [0.15, 0.2) is 82.8 Å². The molecule has 0 bridgehead atoms. The van der Waals surface area contributed by atoms with Crippen LogP contribution in [0.4, 0.5) is 0 Å². The molecule has 2 nitrogen and oxygen atoms in total. The highest BCUT2D eigenvalue weighted by Crippen LogP contribution is 2.00. The van der Waals surface area contributed by atoms with Gasteiger partial charge in [0.25, 0.3) is 0 Å². The molecule has 0 aromatic heterocycles. The third-order valence-electron chi connectivity index (χ3n) is 3.13. The Hall–Kier alpha value is -2.74. The zero-order valence-electron chi connectivity index (χ0n) is 13.3. The molecule has 0 spiro atoms. The average Bonchev–Trinajstić information content (AvgIpc) is 2.61. The zero-order valence-corrected chi connectivity index (χ0v) is 13.3. The van der Waals surface area contributed by atoms with Gasteiger partial charge in [0, 0.05) is 25.5 Å². The first-order valence-electron chi connectivity index (χ1n) is 7.88. The van der Waals surface area contributed by atoms with Crippen LogP contribution < -0.4 is 0 Å². The minimum absolute atomic E-state index is 0.804. The van der Waals surface area contributed by atoms with Crippen molar-refractivity contribution in [3.8, 4) is 0 Å². The van der Waals surface area contributed by atoms with Crippen molar-refractivity contribution in [2.45, 2.75) is 6.42 Å². The Morgan fingerprint density at radius 2 is 1.04 bits per heavy atom. The van der Waals surface area contributed by atoms with Crippen molar-refractivity contribution in [2.75, 3.05) is 13.1 Å². The van der Waals surface area contributed by atoms with Crippen LogP contribution in [0.1, 0.15) is 17.5 Å². The van der Waals surface area contributed by atoms with Crippen LogP contribution >= 0.6 is 0 Å². The third kappa shape index (κ3) is 7.72. The van der Waals surface area contributed by atoms with E-state index in [0.717, 1.165) is 19.5 Å². The lowest BCUT2D eigenvalue weighted by molar-refractivity contribution is 0.851. The largest absolute Gasteiger partial charge is 0.293 e. The maximum atomic E-state index is 4.35. The van der Waals surface area contributed by atoms with Crippen molar-refractivity contribution in [3.05, 3.63) is 83.9 Å². The van der Waals surface area contributed by atoms with E-state index in [1.807, 2.05) is 61.0 Å². The van der Waals surface area contributed by atoms with E-state index in [9.17, 15) is 0 Å². The van der Waals surface area contributed by atoms with Gasteiger partial charge in [-0.1, -0.05) is 72.8 Å².